The van der Waals surface area contributed by atoms with E-state index in [4.69, 9.17) is 0 Å². The van der Waals surface area contributed by atoms with E-state index in [0.717, 1.165) is 38.5 Å². The average Bonchev–Trinajstić information content (AvgIpc) is 2.34. The van der Waals surface area contributed by atoms with Gasteiger partial charge in [-0.3, -0.25) is 4.79 Å². The summed E-state index contributed by atoms with van der Waals surface area (Å²) in [5, 5.41) is 9.77. The summed E-state index contributed by atoms with van der Waals surface area (Å²) < 4.78 is 0. The summed E-state index contributed by atoms with van der Waals surface area (Å²) in [6.07, 6.45) is 10.6. The third kappa shape index (κ3) is 11.4. The average molecular weight is 353 g/mol. The van der Waals surface area contributed by atoms with E-state index in [-0.39, 0.29) is 28.1 Å². The topological polar surface area (TPSA) is 37.3 Å². The van der Waals surface area contributed by atoms with Crippen LogP contribution in [0, 0.1) is 28.1 Å². The molecule has 0 spiro atoms. The van der Waals surface area contributed by atoms with E-state index in [1.54, 1.807) is 0 Å². The summed E-state index contributed by atoms with van der Waals surface area (Å²) in [6.45, 7) is 20.0. The molecule has 0 aliphatic rings. The highest BCUT2D eigenvalue weighted by Gasteiger charge is 2.33. The SMILES string of the molecule is CCCC=CC(C)(CCC(C(=O)O)C(C)CC(C)(C)C)CC(C)(C)C. The van der Waals surface area contributed by atoms with Crippen molar-refractivity contribution in [2.45, 2.75) is 101 Å². The van der Waals surface area contributed by atoms with Crippen molar-refractivity contribution < 1.29 is 9.90 Å². The molecule has 0 fully saturated rings. The predicted octanol–water partition coefficient (Wildman–Crippen LogP) is 7.34. The summed E-state index contributed by atoms with van der Waals surface area (Å²) in [6, 6.07) is 0. The van der Waals surface area contributed by atoms with Crippen LogP contribution in [0.4, 0.5) is 0 Å². The van der Waals surface area contributed by atoms with E-state index in [0.29, 0.717) is 0 Å². The van der Waals surface area contributed by atoms with Crippen molar-refractivity contribution in [3.8, 4) is 0 Å². The third-order valence-corrected chi connectivity index (χ3v) is 4.87. The molecule has 148 valence electrons. The lowest BCUT2D eigenvalue weighted by Crippen LogP contribution is -2.28. The molecule has 0 aliphatic heterocycles. The van der Waals surface area contributed by atoms with E-state index in [1.165, 1.54) is 0 Å². The molecule has 1 N–H and O–H groups in total. The van der Waals surface area contributed by atoms with Gasteiger partial charge in [-0.1, -0.05) is 80.9 Å². The molecule has 0 amide bonds. The maximum absolute atomic E-state index is 11.9. The monoisotopic (exact) mass is 352 g/mol. The van der Waals surface area contributed by atoms with Gasteiger partial charge in [0.2, 0.25) is 0 Å². The van der Waals surface area contributed by atoms with E-state index in [2.05, 4.69) is 74.5 Å². The molecule has 0 saturated heterocycles. The van der Waals surface area contributed by atoms with Crippen LogP contribution in [0.1, 0.15) is 101 Å². The smallest absolute Gasteiger partial charge is 0.306 e. The zero-order chi connectivity index (χ0) is 19.9. The molecular weight excluding hydrogens is 308 g/mol. The molecule has 0 aromatic heterocycles. The Labute approximate surface area is 157 Å². The van der Waals surface area contributed by atoms with Gasteiger partial charge in [-0.15, -0.1) is 0 Å². The Morgan fingerprint density at radius 3 is 2.00 bits per heavy atom. The second-order valence-electron chi connectivity index (χ2n) is 10.8. The number of rotatable bonds is 10. The van der Waals surface area contributed by atoms with E-state index in [9.17, 15) is 9.90 Å². The number of allylic oxidation sites excluding steroid dienone is 2. The van der Waals surface area contributed by atoms with E-state index in [1.807, 2.05) is 0 Å². The lowest BCUT2D eigenvalue weighted by Gasteiger charge is -2.35. The molecule has 0 rings (SSSR count). The van der Waals surface area contributed by atoms with Crippen molar-refractivity contribution in [1.82, 2.24) is 0 Å². The molecule has 0 heterocycles. The van der Waals surface area contributed by atoms with Crippen molar-refractivity contribution in [3.05, 3.63) is 12.2 Å². The van der Waals surface area contributed by atoms with Gasteiger partial charge in [0.25, 0.3) is 0 Å². The van der Waals surface area contributed by atoms with Gasteiger partial charge in [-0.05, 0) is 54.3 Å². The van der Waals surface area contributed by atoms with Crippen LogP contribution >= 0.6 is 0 Å². The quantitative estimate of drug-likeness (QED) is 0.418. The summed E-state index contributed by atoms with van der Waals surface area (Å²) in [4.78, 5) is 11.9. The lowest BCUT2D eigenvalue weighted by atomic mass is 9.69. The number of hydrogen-bond acceptors (Lipinski definition) is 1. The minimum Gasteiger partial charge on any atom is -0.481 e. The predicted molar refractivity (Wildman–Crippen MR) is 110 cm³/mol. The maximum Gasteiger partial charge on any atom is 0.306 e. The maximum atomic E-state index is 11.9. The minimum atomic E-state index is -0.632. The van der Waals surface area contributed by atoms with Crippen LogP contribution in [0.2, 0.25) is 0 Å². The van der Waals surface area contributed by atoms with Crippen molar-refractivity contribution in [2.24, 2.45) is 28.1 Å². The van der Waals surface area contributed by atoms with Crippen molar-refractivity contribution in [1.29, 1.82) is 0 Å². The molecule has 0 saturated carbocycles. The highest BCUT2D eigenvalue weighted by atomic mass is 16.4. The fourth-order valence-corrected chi connectivity index (χ4v) is 4.22. The van der Waals surface area contributed by atoms with Gasteiger partial charge >= 0.3 is 5.97 Å². The Bertz CT molecular complexity index is 422. The molecule has 3 atom stereocenters. The molecule has 2 heteroatoms. The van der Waals surface area contributed by atoms with E-state index < -0.39 is 5.97 Å². The minimum absolute atomic E-state index is 0.0720. The van der Waals surface area contributed by atoms with Crippen LogP contribution in [0.5, 0.6) is 0 Å². The van der Waals surface area contributed by atoms with Crippen LogP contribution in [-0.4, -0.2) is 11.1 Å². The Kier molecular flexibility index (Phi) is 9.47. The fraction of sp³-hybridized carbons (Fsp3) is 0.870. The van der Waals surface area contributed by atoms with Crippen molar-refractivity contribution >= 4 is 5.97 Å². The first kappa shape index (κ1) is 24.2. The summed E-state index contributed by atoms with van der Waals surface area (Å²) >= 11 is 0. The second-order valence-corrected chi connectivity index (χ2v) is 10.8. The third-order valence-electron chi connectivity index (χ3n) is 4.87. The lowest BCUT2D eigenvalue weighted by molar-refractivity contribution is -0.144. The zero-order valence-corrected chi connectivity index (χ0v) is 18.4. The summed E-state index contributed by atoms with van der Waals surface area (Å²) in [5.74, 6) is -0.679. The van der Waals surface area contributed by atoms with Gasteiger partial charge in [-0.2, -0.15) is 0 Å². The Hall–Kier alpha value is -0.790. The van der Waals surface area contributed by atoms with Gasteiger partial charge in [-0.25, -0.2) is 0 Å². The highest BCUT2D eigenvalue weighted by molar-refractivity contribution is 5.70. The number of unbranched alkanes of at least 4 members (excludes halogenated alkanes) is 1. The summed E-state index contributed by atoms with van der Waals surface area (Å²) in [5.41, 5.74) is 0.479. The van der Waals surface area contributed by atoms with Gasteiger partial charge in [0, 0.05) is 0 Å². The Morgan fingerprint density at radius 2 is 1.60 bits per heavy atom. The zero-order valence-electron chi connectivity index (χ0n) is 18.4. The van der Waals surface area contributed by atoms with Crippen LogP contribution < -0.4 is 0 Å². The van der Waals surface area contributed by atoms with Gasteiger partial charge in [0.1, 0.15) is 0 Å². The Balaban J connectivity index is 5.16. The standard InChI is InChI=1S/C23H44O2/c1-10-11-12-14-23(9,17-22(6,7)8)15-13-19(20(24)25)18(2)16-21(3,4)5/h12,14,18-19H,10-11,13,15-17H2,1-9H3,(H,24,25). The molecule has 25 heavy (non-hydrogen) atoms. The number of hydrogen-bond donors (Lipinski definition) is 1. The van der Waals surface area contributed by atoms with Crippen LogP contribution in [0.15, 0.2) is 12.2 Å². The van der Waals surface area contributed by atoms with Gasteiger partial charge < -0.3 is 5.11 Å². The van der Waals surface area contributed by atoms with Crippen LogP contribution in [0.25, 0.3) is 0 Å². The van der Waals surface area contributed by atoms with Crippen molar-refractivity contribution in [3.63, 3.8) is 0 Å². The number of carboxylic acid groups (broad SMARTS) is 1. The molecule has 0 bridgehead atoms. The largest absolute Gasteiger partial charge is 0.481 e. The summed E-state index contributed by atoms with van der Waals surface area (Å²) in [7, 11) is 0. The molecule has 2 nitrogen and oxygen atoms in total. The molecular formula is C23H44O2. The number of carboxylic acids is 1. The normalized spacial score (nSPS) is 18.1. The molecule has 3 unspecified atom stereocenters. The molecule has 0 aromatic carbocycles. The first-order valence-electron chi connectivity index (χ1n) is 10.1. The number of carbonyl (C=O) groups is 1. The second kappa shape index (κ2) is 9.78. The van der Waals surface area contributed by atoms with Crippen LogP contribution in [0.3, 0.4) is 0 Å². The Morgan fingerprint density at radius 1 is 1.04 bits per heavy atom. The highest BCUT2D eigenvalue weighted by Crippen LogP contribution is 2.41. The van der Waals surface area contributed by atoms with Crippen molar-refractivity contribution in [2.75, 3.05) is 0 Å². The first-order valence-corrected chi connectivity index (χ1v) is 10.1. The molecule has 0 aliphatic carbocycles. The van der Waals surface area contributed by atoms with Crippen LogP contribution in [-0.2, 0) is 4.79 Å². The molecule has 0 aromatic rings. The first-order chi connectivity index (χ1) is 11.2. The molecule has 0 radical (unpaired) electrons. The van der Waals surface area contributed by atoms with E-state index >= 15 is 0 Å². The fourth-order valence-electron chi connectivity index (χ4n) is 4.22. The van der Waals surface area contributed by atoms with Gasteiger partial charge in [0.15, 0.2) is 0 Å². The van der Waals surface area contributed by atoms with Gasteiger partial charge in [0.05, 0.1) is 5.92 Å². The number of aliphatic carboxylic acids is 1.